The predicted octanol–water partition coefficient (Wildman–Crippen LogP) is 2.54. The van der Waals surface area contributed by atoms with Gasteiger partial charge in [0, 0.05) is 30.9 Å². The first-order valence-corrected chi connectivity index (χ1v) is 7.13. The minimum Gasteiger partial charge on any atom is -0.339 e. The maximum Gasteiger partial charge on any atom is 0.227 e. The molecule has 0 radical (unpaired) electrons. The van der Waals surface area contributed by atoms with E-state index in [1.54, 1.807) is 16.9 Å². The van der Waals surface area contributed by atoms with Crippen LogP contribution in [0.3, 0.4) is 0 Å². The van der Waals surface area contributed by atoms with E-state index in [4.69, 9.17) is 4.52 Å². The van der Waals surface area contributed by atoms with Crippen LogP contribution in [0, 0.1) is 0 Å². The maximum atomic E-state index is 12.0. The lowest BCUT2D eigenvalue weighted by Gasteiger charge is -2.11. The van der Waals surface area contributed by atoms with Crippen molar-refractivity contribution >= 4 is 11.7 Å². The van der Waals surface area contributed by atoms with Crippen LogP contribution in [0.1, 0.15) is 57.8 Å². The molecule has 0 aromatic carbocycles. The molecule has 2 aromatic heterocycles. The largest absolute Gasteiger partial charge is 0.339 e. The van der Waals surface area contributed by atoms with Crippen LogP contribution >= 0.6 is 0 Å². The van der Waals surface area contributed by atoms with Crippen molar-refractivity contribution < 1.29 is 9.32 Å². The summed E-state index contributed by atoms with van der Waals surface area (Å²) in [6.07, 6.45) is 2.40. The second-order valence-corrected chi connectivity index (χ2v) is 5.50. The summed E-state index contributed by atoms with van der Waals surface area (Å²) in [6, 6.07) is 1.97. The average molecular weight is 291 g/mol. The minimum absolute atomic E-state index is 0.0957. The van der Waals surface area contributed by atoms with Crippen LogP contribution in [0.15, 0.2) is 16.8 Å². The fourth-order valence-corrected chi connectivity index (χ4v) is 1.85. The third-order valence-electron chi connectivity index (χ3n) is 2.99. The Morgan fingerprint density at radius 1 is 1.38 bits per heavy atom. The zero-order valence-electron chi connectivity index (χ0n) is 12.8. The van der Waals surface area contributed by atoms with Crippen molar-refractivity contribution in [3.63, 3.8) is 0 Å². The van der Waals surface area contributed by atoms with E-state index < -0.39 is 0 Å². The lowest BCUT2D eigenvalue weighted by Crippen LogP contribution is -2.17. The number of aromatic nitrogens is 4. The number of nitrogens with zero attached hydrogens (tertiary/aromatic N) is 4. The van der Waals surface area contributed by atoms with Crippen molar-refractivity contribution in [2.45, 2.75) is 52.5 Å². The number of amides is 1. The van der Waals surface area contributed by atoms with Crippen molar-refractivity contribution in [1.82, 2.24) is 19.9 Å². The van der Waals surface area contributed by atoms with Gasteiger partial charge >= 0.3 is 0 Å². The number of nitrogens with one attached hydrogen (secondary N) is 1. The molecule has 1 amide bonds. The number of anilines is 1. The smallest absolute Gasteiger partial charge is 0.227 e. The van der Waals surface area contributed by atoms with Gasteiger partial charge in [-0.2, -0.15) is 10.1 Å². The summed E-state index contributed by atoms with van der Waals surface area (Å²) in [5.41, 5.74) is 0. The highest BCUT2D eigenvalue weighted by Gasteiger charge is 2.13. The molecular weight excluding hydrogens is 270 g/mol. The van der Waals surface area contributed by atoms with Gasteiger partial charge in [-0.3, -0.25) is 4.79 Å². The number of carbonyl (C=O) groups is 1. The van der Waals surface area contributed by atoms with Crippen molar-refractivity contribution in [2.24, 2.45) is 0 Å². The Balaban J connectivity index is 1.88. The molecular formula is C14H21N5O2. The van der Waals surface area contributed by atoms with Gasteiger partial charge in [-0.1, -0.05) is 19.0 Å². The second-order valence-electron chi connectivity index (χ2n) is 5.50. The fourth-order valence-electron chi connectivity index (χ4n) is 1.85. The maximum absolute atomic E-state index is 12.0. The van der Waals surface area contributed by atoms with E-state index in [0.717, 1.165) is 0 Å². The van der Waals surface area contributed by atoms with Gasteiger partial charge < -0.3 is 9.84 Å². The first-order chi connectivity index (χ1) is 9.97. The quantitative estimate of drug-likeness (QED) is 0.884. The molecule has 0 aliphatic rings. The zero-order chi connectivity index (χ0) is 15.4. The third kappa shape index (κ3) is 3.90. The molecule has 2 heterocycles. The molecule has 0 unspecified atom stereocenters. The van der Waals surface area contributed by atoms with E-state index in [0.29, 0.717) is 30.4 Å². The van der Waals surface area contributed by atoms with Gasteiger partial charge in [0.15, 0.2) is 5.82 Å². The van der Waals surface area contributed by atoms with Crippen LogP contribution in [0.2, 0.25) is 0 Å². The molecule has 114 valence electrons. The lowest BCUT2D eigenvalue weighted by molar-refractivity contribution is -0.116. The summed E-state index contributed by atoms with van der Waals surface area (Å²) < 4.78 is 6.88. The van der Waals surface area contributed by atoms with Gasteiger partial charge in [0.05, 0.1) is 6.20 Å². The van der Waals surface area contributed by atoms with Crippen LogP contribution in [0.4, 0.5) is 5.82 Å². The Hall–Kier alpha value is -2.18. The Morgan fingerprint density at radius 2 is 2.14 bits per heavy atom. The van der Waals surface area contributed by atoms with Gasteiger partial charge in [0.2, 0.25) is 11.8 Å². The molecule has 1 N–H and O–H groups in total. The zero-order valence-corrected chi connectivity index (χ0v) is 12.8. The Labute approximate surface area is 123 Å². The Kier molecular flexibility index (Phi) is 4.72. The number of rotatable bonds is 6. The van der Waals surface area contributed by atoms with Crippen molar-refractivity contribution in [2.75, 3.05) is 5.32 Å². The summed E-state index contributed by atoms with van der Waals surface area (Å²) >= 11 is 0. The first-order valence-electron chi connectivity index (χ1n) is 7.13. The molecule has 7 heteroatoms. The summed E-state index contributed by atoms with van der Waals surface area (Å²) in [6.45, 7) is 8.01. The standard InChI is InChI=1S/C14H21N5O2/c1-9(2)14-17-13(21-18-14)6-5-12(20)16-11-7-8-15-19(11)10(3)4/h7-10H,5-6H2,1-4H3,(H,16,20). The minimum atomic E-state index is -0.0957. The predicted molar refractivity (Wildman–Crippen MR) is 77.9 cm³/mol. The van der Waals surface area contributed by atoms with Gasteiger partial charge in [0.1, 0.15) is 5.82 Å². The highest BCUT2D eigenvalue weighted by molar-refractivity contribution is 5.89. The van der Waals surface area contributed by atoms with E-state index >= 15 is 0 Å². The number of hydrogen-bond acceptors (Lipinski definition) is 5. The molecule has 0 saturated heterocycles. The van der Waals surface area contributed by atoms with E-state index in [1.807, 2.05) is 27.7 Å². The molecule has 0 saturated carbocycles. The first kappa shape index (κ1) is 15.2. The Morgan fingerprint density at radius 3 is 2.76 bits per heavy atom. The van der Waals surface area contributed by atoms with Crippen LogP contribution in [-0.2, 0) is 11.2 Å². The molecule has 0 aliphatic carbocycles. The summed E-state index contributed by atoms with van der Waals surface area (Å²) in [7, 11) is 0. The molecule has 2 aromatic rings. The normalized spacial score (nSPS) is 11.3. The summed E-state index contributed by atoms with van der Waals surface area (Å²) in [5.74, 6) is 1.98. The summed E-state index contributed by atoms with van der Waals surface area (Å²) in [4.78, 5) is 16.2. The summed E-state index contributed by atoms with van der Waals surface area (Å²) in [5, 5.41) is 10.9. The molecule has 0 bridgehead atoms. The van der Waals surface area contributed by atoms with E-state index in [-0.39, 0.29) is 17.9 Å². The van der Waals surface area contributed by atoms with Crippen LogP contribution in [0.25, 0.3) is 0 Å². The molecule has 0 atom stereocenters. The molecule has 7 nitrogen and oxygen atoms in total. The fraction of sp³-hybridized carbons (Fsp3) is 0.571. The molecule has 0 fully saturated rings. The van der Waals surface area contributed by atoms with Gasteiger partial charge in [-0.25, -0.2) is 4.68 Å². The van der Waals surface area contributed by atoms with Gasteiger partial charge in [-0.05, 0) is 13.8 Å². The topological polar surface area (TPSA) is 85.8 Å². The monoisotopic (exact) mass is 291 g/mol. The SMILES string of the molecule is CC(C)c1noc(CCC(=O)Nc2ccnn2C(C)C)n1. The molecule has 2 rings (SSSR count). The third-order valence-corrected chi connectivity index (χ3v) is 2.99. The number of aryl methyl sites for hydroxylation is 1. The molecule has 0 spiro atoms. The molecule has 21 heavy (non-hydrogen) atoms. The van der Waals surface area contributed by atoms with Gasteiger partial charge in [-0.15, -0.1) is 0 Å². The van der Waals surface area contributed by atoms with Crippen LogP contribution in [-0.4, -0.2) is 25.8 Å². The highest BCUT2D eigenvalue weighted by Crippen LogP contribution is 2.14. The number of hydrogen-bond donors (Lipinski definition) is 1. The lowest BCUT2D eigenvalue weighted by atomic mass is 10.2. The van der Waals surface area contributed by atoms with Crippen molar-refractivity contribution in [3.05, 3.63) is 24.0 Å². The van der Waals surface area contributed by atoms with Crippen molar-refractivity contribution in [1.29, 1.82) is 0 Å². The Bertz CT molecular complexity index is 600. The van der Waals surface area contributed by atoms with Crippen LogP contribution in [0.5, 0.6) is 0 Å². The second kappa shape index (κ2) is 6.51. The van der Waals surface area contributed by atoms with E-state index in [9.17, 15) is 4.79 Å². The molecule has 0 aliphatic heterocycles. The van der Waals surface area contributed by atoms with E-state index in [1.165, 1.54) is 0 Å². The highest BCUT2D eigenvalue weighted by atomic mass is 16.5. The number of carbonyl (C=O) groups excluding carboxylic acids is 1. The van der Waals surface area contributed by atoms with Crippen LogP contribution < -0.4 is 5.32 Å². The van der Waals surface area contributed by atoms with E-state index in [2.05, 4.69) is 20.6 Å². The van der Waals surface area contributed by atoms with Crippen molar-refractivity contribution in [3.8, 4) is 0 Å². The average Bonchev–Trinajstić information content (AvgIpc) is 3.04. The van der Waals surface area contributed by atoms with Gasteiger partial charge in [0.25, 0.3) is 0 Å².